The lowest BCUT2D eigenvalue weighted by Crippen LogP contribution is -2.00. The highest BCUT2D eigenvalue weighted by Crippen LogP contribution is 2.08. The summed E-state index contributed by atoms with van der Waals surface area (Å²) < 4.78 is 1.64. The minimum atomic E-state index is 0.143. The lowest BCUT2D eigenvalue weighted by Gasteiger charge is -1.99. The monoisotopic (exact) mass is 268 g/mol. The molecule has 5 nitrogen and oxygen atoms in total. The molecule has 5 heteroatoms. The predicted octanol–water partition coefficient (Wildman–Crippen LogP) is 1.81. The van der Waals surface area contributed by atoms with Crippen LogP contribution in [0.1, 0.15) is 17.7 Å². The van der Waals surface area contributed by atoms with Gasteiger partial charge < -0.3 is 5.11 Å². The Labute approximate surface area is 117 Å². The quantitative estimate of drug-likeness (QED) is 0.811. The Balaban J connectivity index is 2.05. The lowest BCUT2D eigenvalue weighted by molar-refractivity contribution is 0.288. The molecule has 102 valence electrons. The average Bonchev–Trinajstić information content (AvgIpc) is 2.93. The summed E-state index contributed by atoms with van der Waals surface area (Å²) in [6.07, 6.45) is 5.02. The minimum Gasteiger partial charge on any atom is -0.396 e. The second-order valence-electron chi connectivity index (χ2n) is 4.43. The number of nitriles is 1. The van der Waals surface area contributed by atoms with E-state index in [0.717, 1.165) is 11.3 Å². The van der Waals surface area contributed by atoms with Crippen LogP contribution in [0.25, 0.3) is 6.08 Å². The van der Waals surface area contributed by atoms with Gasteiger partial charge in [0.15, 0.2) is 0 Å². The van der Waals surface area contributed by atoms with Gasteiger partial charge in [-0.15, -0.1) is 5.10 Å². The number of rotatable bonds is 6. The fraction of sp³-hybridized carbons (Fsp3) is 0.267. The Morgan fingerprint density at radius 2 is 2.15 bits per heavy atom. The van der Waals surface area contributed by atoms with Crippen molar-refractivity contribution in [2.75, 3.05) is 6.61 Å². The van der Waals surface area contributed by atoms with Gasteiger partial charge in [0.25, 0.3) is 0 Å². The van der Waals surface area contributed by atoms with E-state index < -0.39 is 0 Å². The summed E-state index contributed by atoms with van der Waals surface area (Å²) in [5.41, 5.74) is 2.44. The number of hydrogen-bond acceptors (Lipinski definition) is 4. The summed E-state index contributed by atoms with van der Waals surface area (Å²) in [6, 6.07) is 11.9. The SMILES string of the molecule is N#C/C(=C\c1ccccc1)Cn1cc(CCCO)nn1. The summed E-state index contributed by atoms with van der Waals surface area (Å²) >= 11 is 0. The highest BCUT2D eigenvalue weighted by atomic mass is 16.2. The van der Waals surface area contributed by atoms with E-state index in [0.29, 0.717) is 25.0 Å². The molecule has 1 aromatic carbocycles. The van der Waals surface area contributed by atoms with Crippen LogP contribution in [0.5, 0.6) is 0 Å². The molecule has 0 aliphatic heterocycles. The number of hydrogen-bond donors (Lipinski definition) is 1. The molecule has 1 N–H and O–H groups in total. The van der Waals surface area contributed by atoms with E-state index in [2.05, 4.69) is 16.4 Å². The fourth-order valence-corrected chi connectivity index (χ4v) is 1.83. The molecule has 0 saturated carbocycles. The van der Waals surface area contributed by atoms with Crippen molar-refractivity contribution in [2.45, 2.75) is 19.4 Å². The van der Waals surface area contributed by atoms with Gasteiger partial charge in [0, 0.05) is 12.8 Å². The summed E-state index contributed by atoms with van der Waals surface area (Å²) in [5, 5.41) is 26.0. The Morgan fingerprint density at radius 1 is 1.35 bits per heavy atom. The second-order valence-corrected chi connectivity index (χ2v) is 4.43. The number of aliphatic hydroxyl groups is 1. The molecule has 2 rings (SSSR count). The highest BCUT2D eigenvalue weighted by Gasteiger charge is 2.03. The molecular formula is C15H16N4O. The van der Waals surface area contributed by atoms with Crippen molar-refractivity contribution < 1.29 is 5.11 Å². The van der Waals surface area contributed by atoms with Crippen molar-refractivity contribution in [2.24, 2.45) is 0 Å². The first-order valence-electron chi connectivity index (χ1n) is 6.47. The van der Waals surface area contributed by atoms with Crippen LogP contribution in [0.3, 0.4) is 0 Å². The zero-order chi connectivity index (χ0) is 14.2. The van der Waals surface area contributed by atoms with Gasteiger partial charge >= 0.3 is 0 Å². The molecule has 0 radical (unpaired) electrons. The van der Waals surface area contributed by atoms with E-state index in [-0.39, 0.29) is 6.61 Å². The molecule has 0 atom stereocenters. The number of aryl methyl sites for hydroxylation is 1. The van der Waals surface area contributed by atoms with Crippen LogP contribution >= 0.6 is 0 Å². The smallest absolute Gasteiger partial charge is 0.0967 e. The summed E-state index contributed by atoms with van der Waals surface area (Å²) in [7, 11) is 0. The van der Waals surface area contributed by atoms with Crippen molar-refractivity contribution in [3.05, 3.63) is 53.4 Å². The van der Waals surface area contributed by atoms with Crippen LogP contribution in [-0.4, -0.2) is 26.7 Å². The molecule has 0 aliphatic rings. The van der Waals surface area contributed by atoms with E-state index in [1.165, 1.54) is 0 Å². The number of nitrogens with zero attached hydrogens (tertiary/aromatic N) is 4. The van der Waals surface area contributed by atoms with Crippen LogP contribution in [0.4, 0.5) is 0 Å². The molecule has 0 aliphatic carbocycles. The normalized spacial score (nSPS) is 11.3. The number of allylic oxidation sites excluding steroid dienone is 1. The van der Waals surface area contributed by atoms with Crippen LogP contribution in [0, 0.1) is 11.3 Å². The van der Waals surface area contributed by atoms with Gasteiger partial charge in [0.1, 0.15) is 0 Å². The first-order chi connectivity index (χ1) is 9.81. The molecule has 1 heterocycles. The second kappa shape index (κ2) is 7.22. The van der Waals surface area contributed by atoms with Crippen LogP contribution in [0.2, 0.25) is 0 Å². The Bertz CT molecular complexity index is 610. The third-order valence-corrected chi connectivity index (χ3v) is 2.79. The predicted molar refractivity (Wildman–Crippen MR) is 75.5 cm³/mol. The van der Waals surface area contributed by atoms with Crippen LogP contribution < -0.4 is 0 Å². The van der Waals surface area contributed by atoms with E-state index >= 15 is 0 Å². The van der Waals surface area contributed by atoms with Crippen molar-refractivity contribution in [1.29, 1.82) is 5.26 Å². The highest BCUT2D eigenvalue weighted by molar-refractivity contribution is 5.56. The van der Waals surface area contributed by atoms with Gasteiger partial charge in [-0.25, -0.2) is 4.68 Å². The maximum atomic E-state index is 9.18. The Morgan fingerprint density at radius 3 is 2.85 bits per heavy atom. The molecule has 0 unspecified atom stereocenters. The third kappa shape index (κ3) is 4.04. The van der Waals surface area contributed by atoms with E-state index in [1.54, 1.807) is 4.68 Å². The Hall–Kier alpha value is -2.45. The Kier molecular flexibility index (Phi) is 5.04. The van der Waals surface area contributed by atoms with Gasteiger partial charge in [-0.2, -0.15) is 5.26 Å². The number of aliphatic hydroxyl groups excluding tert-OH is 1. The summed E-state index contributed by atoms with van der Waals surface area (Å²) in [4.78, 5) is 0. The maximum absolute atomic E-state index is 9.18. The summed E-state index contributed by atoms with van der Waals surface area (Å²) in [6.45, 7) is 0.543. The largest absolute Gasteiger partial charge is 0.396 e. The molecule has 0 spiro atoms. The maximum Gasteiger partial charge on any atom is 0.0967 e. The van der Waals surface area contributed by atoms with Gasteiger partial charge in [-0.3, -0.25) is 0 Å². The standard InChI is InChI=1S/C15H16N4O/c16-10-14(9-13-5-2-1-3-6-13)11-19-12-15(17-18-19)7-4-8-20/h1-3,5-6,9,12,20H,4,7-8,11H2/b14-9+. The van der Waals surface area contributed by atoms with Gasteiger partial charge in [-0.05, 0) is 24.5 Å². The first-order valence-corrected chi connectivity index (χ1v) is 6.47. The number of aromatic nitrogens is 3. The molecule has 0 fully saturated rings. The molecule has 20 heavy (non-hydrogen) atoms. The molecule has 0 amide bonds. The van der Waals surface area contributed by atoms with E-state index in [1.807, 2.05) is 42.6 Å². The molecule has 0 bridgehead atoms. The molecule has 1 aromatic heterocycles. The molecule has 2 aromatic rings. The lowest BCUT2D eigenvalue weighted by atomic mass is 10.1. The van der Waals surface area contributed by atoms with Gasteiger partial charge in [-0.1, -0.05) is 35.5 Å². The van der Waals surface area contributed by atoms with Crippen LogP contribution in [-0.2, 0) is 13.0 Å². The van der Waals surface area contributed by atoms with E-state index in [4.69, 9.17) is 5.11 Å². The zero-order valence-electron chi connectivity index (χ0n) is 11.1. The average molecular weight is 268 g/mol. The van der Waals surface area contributed by atoms with Crippen LogP contribution in [0.15, 0.2) is 42.1 Å². The van der Waals surface area contributed by atoms with Crippen molar-refractivity contribution in [1.82, 2.24) is 15.0 Å². The minimum absolute atomic E-state index is 0.143. The number of benzene rings is 1. The first kappa shape index (κ1) is 14.0. The summed E-state index contributed by atoms with van der Waals surface area (Å²) in [5.74, 6) is 0. The van der Waals surface area contributed by atoms with Gasteiger partial charge in [0.2, 0.25) is 0 Å². The molecular weight excluding hydrogens is 252 g/mol. The molecule has 0 saturated heterocycles. The van der Waals surface area contributed by atoms with Crippen molar-refractivity contribution in [3.8, 4) is 6.07 Å². The van der Waals surface area contributed by atoms with E-state index in [9.17, 15) is 5.26 Å². The van der Waals surface area contributed by atoms with Crippen molar-refractivity contribution in [3.63, 3.8) is 0 Å². The third-order valence-electron chi connectivity index (χ3n) is 2.79. The van der Waals surface area contributed by atoms with Gasteiger partial charge in [0.05, 0.1) is 23.9 Å². The fourth-order valence-electron chi connectivity index (χ4n) is 1.83. The zero-order valence-corrected chi connectivity index (χ0v) is 11.1. The topological polar surface area (TPSA) is 74.7 Å². The van der Waals surface area contributed by atoms with Crippen molar-refractivity contribution >= 4 is 6.08 Å².